The van der Waals surface area contributed by atoms with E-state index in [0.29, 0.717) is 13.0 Å². The van der Waals surface area contributed by atoms with E-state index in [2.05, 4.69) is 77.7 Å². The van der Waals surface area contributed by atoms with Crippen LogP contribution >= 0.6 is 0 Å². The summed E-state index contributed by atoms with van der Waals surface area (Å²) < 4.78 is 6.39. The highest BCUT2D eigenvalue weighted by atomic mass is 16.5. The lowest BCUT2D eigenvalue weighted by Gasteiger charge is -2.35. The van der Waals surface area contributed by atoms with Crippen molar-refractivity contribution in [3.63, 3.8) is 0 Å². The second-order valence-electron chi connectivity index (χ2n) is 9.11. The van der Waals surface area contributed by atoms with Crippen LogP contribution in [-0.4, -0.2) is 55.0 Å². The van der Waals surface area contributed by atoms with E-state index in [0.717, 1.165) is 38.3 Å². The van der Waals surface area contributed by atoms with Gasteiger partial charge < -0.3 is 9.64 Å². The Morgan fingerprint density at radius 1 is 0.714 bits per heavy atom. The van der Waals surface area contributed by atoms with E-state index >= 15 is 0 Å². The molecule has 1 heterocycles. The molecule has 4 nitrogen and oxygen atoms in total. The monoisotopic (exact) mass is 464 g/mol. The molecule has 1 fully saturated rings. The maximum absolute atomic E-state index is 13.0. The molecule has 0 aromatic heterocycles. The van der Waals surface area contributed by atoms with Gasteiger partial charge in [-0.15, -0.1) is 0 Å². The number of benzene rings is 4. The van der Waals surface area contributed by atoms with Crippen molar-refractivity contribution < 1.29 is 9.53 Å². The lowest BCUT2D eigenvalue weighted by Crippen LogP contribution is -2.49. The van der Waals surface area contributed by atoms with Gasteiger partial charge >= 0.3 is 0 Å². The van der Waals surface area contributed by atoms with Crippen molar-refractivity contribution in [2.75, 3.05) is 39.3 Å². The number of hydrogen-bond acceptors (Lipinski definition) is 3. The van der Waals surface area contributed by atoms with Gasteiger partial charge in [0.15, 0.2) is 0 Å². The van der Waals surface area contributed by atoms with E-state index in [1.165, 1.54) is 21.9 Å². The third kappa shape index (κ3) is 5.79. The van der Waals surface area contributed by atoms with Gasteiger partial charge in [-0.05, 0) is 27.5 Å². The van der Waals surface area contributed by atoms with Gasteiger partial charge in [0.1, 0.15) is 6.10 Å². The number of rotatable bonds is 8. The SMILES string of the molecule is O=C(Cc1cccc2ccccc12)N1CCN(CCOC(c2ccccc2)c2ccccc2)CC1. The Bertz CT molecular complexity index is 1190. The minimum Gasteiger partial charge on any atom is -0.367 e. The number of nitrogens with zero attached hydrogens (tertiary/aromatic N) is 2. The molecule has 178 valence electrons. The average molecular weight is 465 g/mol. The van der Waals surface area contributed by atoms with Crippen molar-refractivity contribution >= 4 is 16.7 Å². The number of fused-ring (bicyclic) bond motifs is 1. The van der Waals surface area contributed by atoms with Gasteiger partial charge in [0, 0.05) is 32.7 Å². The summed E-state index contributed by atoms with van der Waals surface area (Å²) in [5.74, 6) is 0.213. The maximum Gasteiger partial charge on any atom is 0.227 e. The van der Waals surface area contributed by atoms with Crippen molar-refractivity contribution in [2.45, 2.75) is 12.5 Å². The Morgan fingerprint density at radius 2 is 1.31 bits per heavy atom. The van der Waals surface area contributed by atoms with Gasteiger partial charge in [0.2, 0.25) is 5.91 Å². The third-order valence-electron chi connectivity index (χ3n) is 6.84. The summed E-state index contributed by atoms with van der Waals surface area (Å²) in [4.78, 5) is 17.4. The molecule has 1 aliphatic heterocycles. The van der Waals surface area contributed by atoms with E-state index in [-0.39, 0.29) is 12.0 Å². The molecule has 4 heteroatoms. The van der Waals surface area contributed by atoms with Crippen molar-refractivity contribution in [3.8, 4) is 0 Å². The minimum absolute atomic E-state index is 0.0686. The quantitative estimate of drug-likeness (QED) is 0.353. The molecule has 0 unspecified atom stereocenters. The summed E-state index contributed by atoms with van der Waals surface area (Å²) in [5.41, 5.74) is 3.45. The molecule has 4 aromatic carbocycles. The first kappa shape index (κ1) is 23.3. The Hall–Kier alpha value is -3.47. The molecule has 0 radical (unpaired) electrons. The number of hydrogen-bond donors (Lipinski definition) is 0. The van der Waals surface area contributed by atoms with E-state index in [4.69, 9.17) is 4.74 Å². The first-order valence-corrected chi connectivity index (χ1v) is 12.5. The van der Waals surface area contributed by atoms with E-state index in [1.807, 2.05) is 35.2 Å². The number of amides is 1. The lowest BCUT2D eigenvalue weighted by atomic mass is 10.0. The number of carbonyl (C=O) groups is 1. The van der Waals surface area contributed by atoms with Gasteiger partial charge in [0.05, 0.1) is 13.0 Å². The zero-order chi connectivity index (χ0) is 23.9. The predicted molar refractivity (Wildman–Crippen MR) is 141 cm³/mol. The zero-order valence-electron chi connectivity index (χ0n) is 20.1. The topological polar surface area (TPSA) is 32.8 Å². The van der Waals surface area contributed by atoms with Crippen LogP contribution in [0.4, 0.5) is 0 Å². The molecular formula is C31H32N2O2. The van der Waals surface area contributed by atoms with Gasteiger partial charge in [-0.1, -0.05) is 103 Å². The standard InChI is InChI=1S/C31H32N2O2/c34-30(24-28-16-9-15-25-10-7-8-17-29(25)28)33-20-18-32(19-21-33)22-23-35-31(26-11-3-1-4-12-26)27-13-5-2-6-14-27/h1-17,31H,18-24H2. The second kappa shape index (κ2) is 11.3. The third-order valence-corrected chi connectivity index (χ3v) is 6.84. The van der Waals surface area contributed by atoms with E-state index in [9.17, 15) is 4.79 Å². The van der Waals surface area contributed by atoms with Gasteiger partial charge in [-0.25, -0.2) is 0 Å². The van der Waals surface area contributed by atoms with Crippen molar-refractivity contribution in [3.05, 3.63) is 120 Å². The smallest absolute Gasteiger partial charge is 0.227 e. The zero-order valence-corrected chi connectivity index (χ0v) is 20.1. The Kier molecular flexibility index (Phi) is 7.52. The molecule has 0 N–H and O–H groups in total. The molecule has 0 bridgehead atoms. The molecule has 5 rings (SSSR count). The molecule has 35 heavy (non-hydrogen) atoms. The van der Waals surface area contributed by atoms with Crippen LogP contribution in [0, 0.1) is 0 Å². The first-order chi connectivity index (χ1) is 17.3. The fourth-order valence-electron chi connectivity index (χ4n) is 4.88. The molecule has 4 aromatic rings. The molecular weight excluding hydrogens is 432 g/mol. The summed E-state index contributed by atoms with van der Waals surface area (Å²) in [7, 11) is 0. The molecule has 0 aliphatic carbocycles. The summed E-state index contributed by atoms with van der Waals surface area (Å²) >= 11 is 0. The maximum atomic E-state index is 13.0. The van der Waals surface area contributed by atoms with Crippen LogP contribution < -0.4 is 0 Å². The highest BCUT2D eigenvalue weighted by Gasteiger charge is 2.22. The lowest BCUT2D eigenvalue weighted by molar-refractivity contribution is -0.132. The van der Waals surface area contributed by atoms with Crippen LogP contribution in [0.1, 0.15) is 22.8 Å². The van der Waals surface area contributed by atoms with Crippen LogP contribution in [-0.2, 0) is 16.0 Å². The van der Waals surface area contributed by atoms with Crippen LogP contribution in [0.25, 0.3) is 10.8 Å². The number of piperazine rings is 1. The fraction of sp³-hybridized carbons (Fsp3) is 0.258. The largest absolute Gasteiger partial charge is 0.367 e. The minimum atomic E-state index is -0.0686. The Balaban J connectivity index is 1.13. The Morgan fingerprint density at radius 3 is 2.00 bits per heavy atom. The molecule has 1 saturated heterocycles. The van der Waals surface area contributed by atoms with Gasteiger partial charge in [-0.2, -0.15) is 0 Å². The van der Waals surface area contributed by atoms with E-state index in [1.54, 1.807) is 0 Å². The average Bonchev–Trinajstić information content (AvgIpc) is 2.92. The number of ether oxygens (including phenoxy) is 1. The number of carbonyl (C=O) groups excluding carboxylic acids is 1. The van der Waals surface area contributed by atoms with Crippen LogP contribution in [0.2, 0.25) is 0 Å². The van der Waals surface area contributed by atoms with Crippen molar-refractivity contribution in [1.82, 2.24) is 9.80 Å². The van der Waals surface area contributed by atoms with Crippen molar-refractivity contribution in [1.29, 1.82) is 0 Å². The fourth-order valence-corrected chi connectivity index (χ4v) is 4.88. The summed E-state index contributed by atoms with van der Waals surface area (Å²) in [6.45, 7) is 4.81. The van der Waals surface area contributed by atoms with Gasteiger partial charge in [-0.3, -0.25) is 9.69 Å². The summed E-state index contributed by atoms with van der Waals surface area (Å²) in [5, 5.41) is 2.36. The summed E-state index contributed by atoms with van der Waals surface area (Å²) in [6.07, 6.45) is 0.390. The van der Waals surface area contributed by atoms with Crippen LogP contribution in [0.3, 0.4) is 0 Å². The predicted octanol–water partition coefficient (Wildman–Crippen LogP) is 5.33. The molecule has 0 spiro atoms. The Labute approximate surface area is 207 Å². The van der Waals surface area contributed by atoms with Crippen LogP contribution in [0.5, 0.6) is 0 Å². The molecule has 0 atom stereocenters. The normalized spacial score (nSPS) is 14.5. The van der Waals surface area contributed by atoms with Crippen molar-refractivity contribution in [2.24, 2.45) is 0 Å². The highest BCUT2D eigenvalue weighted by Crippen LogP contribution is 2.26. The molecule has 1 aliphatic rings. The first-order valence-electron chi connectivity index (χ1n) is 12.5. The highest BCUT2D eigenvalue weighted by molar-refractivity contribution is 5.90. The summed E-state index contributed by atoms with van der Waals surface area (Å²) in [6, 6.07) is 35.3. The van der Waals surface area contributed by atoms with Crippen LogP contribution in [0.15, 0.2) is 103 Å². The van der Waals surface area contributed by atoms with Gasteiger partial charge in [0.25, 0.3) is 0 Å². The molecule has 1 amide bonds. The van der Waals surface area contributed by atoms with E-state index < -0.39 is 0 Å². The molecule has 0 saturated carbocycles. The second-order valence-corrected chi connectivity index (χ2v) is 9.11.